The lowest BCUT2D eigenvalue weighted by Crippen LogP contribution is -1.79. The van der Waals surface area contributed by atoms with Gasteiger partial charge in [0.15, 0.2) is 5.06 Å². The SMILES string of the molecule is CSc1cc(CCl)c2sc(O)cc2c1. The van der Waals surface area contributed by atoms with Gasteiger partial charge in [0.05, 0.1) is 0 Å². The van der Waals surface area contributed by atoms with Crippen LogP contribution in [0.1, 0.15) is 5.56 Å². The van der Waals surface area contributed by atoms with Gasteiger partial charge >= 0.3 is 0 Å². The smallest absolute Gasteiger partial charge is 0.172 e. The van der Waals surface area contributed by atoms with Gasteiger partial charge in [-0.3, -0.25) is 0 Å². The van der Waals surface area contributed by atoms with Crippen LogP contribution in [0.5, 0.6) is 5.06 Å². The van der Waals surface area contributed by atoms with Crippen molar-refractivity contribution < 1.29 is 5.11 Å². The minimum atomic E-state index is 0.351. The molecule has 1 nitrogen and oxygen atoms in total. The number of fused-ring (bicyclic) bond motifs is 1. The van der Waals surface area contributed by atoms with Crippen LogP contribution in [0.25, 0.3) is 10.1 Å². The maximum atomic E-state index is 9.41. The third-order valence-electron chi connectivity index (χ3n) is 2.03. The Balaban J connectivity index is 2.72. The summed E-state index contributed by atoms with van der Waals surface area (Å²) in [4.78, 5) is 1.19. The Hall–Kier alpha value is -0.380. The molecule has 0 aliphatic heterocycles. The first-order valence-electron chi connectivity index (χ1n) is 4.10. The van der Waals surface area contributed by atoms with Gasteiger partial charge in [-0.1, -0.05) is 11.3 Å². The minimum absolute atomic E-state index is 0.351. The van der Waals surface area contributed by atoms with E-state index >= 15 is 0 Å². The fourth-order valence-electron chi connectivity index (χ4n) is 1.40. The molecule has 4 heteroatoms. The van der Waals surface area contributed by atoms with Crippen LogP contribution in [0.3, 0.4) is 0 Å². The molecule has 1 aromatic heterocycles. The first-order valence-corrected chi connectivity index (χ1v) is 6.67. The van der Waals surface area contributed by atoms with Crippen LogP contribution in [0.2, 0.25) is 0 Å². The molecule has 74 valence electrons. The van der Waals surface area contributed by atoms with E-state index in [4.69, 9.17) is 11.6 Å². The van der Waals surface area contributed by atoms with E-state index in [2.05, 4.69) is 12.1 Å². The maximum Gasteiger partial charge on any atom is 0.172 e. The van der Waals surface area contributed by atoms with Gasteiger partial charge in [0.2, 0.25) is 0 Å². The van der Waals surface area contributed by atoms with Gasteiger partial charge in [0.1, 0.15) is 0 Å². The standard InChI is InChI=1S/C10H9ClOS2/c1-13-8-2-6-4-9(12)14-10(6)7(3-8)5-11/h2-4,12H,5H2,1H3. The molecule has 0 unspecified atom stereocenters. The van der Waals surface area contributed by atoms with E-state index in [9.17, 15) is 5.11 Å². The molecule has 0 saturated carbocycles. The van der Waals surface area contributed by atoms with Crippen molar-refractivity contribution >= 4 is 44.8 Å². The highest BCUT2D eigenvalue weighted by Crippen LogP contribution is 2.36. The number of alkyl halides is 1. The van der Waals surface area contributed by atoms with E-state index in [1.807, 2.05) is 6.26 Å². The lowest BCUT2D eigenvalue weighted by molar-refractivity contribution is 0.491. The fraction of sp³-hybridized carbons (Fsp3) is 0.200. The summed E-state index contributed by atoms with van der Waals surface area (Å²) in [7, 11) is 0. The molecule has 0 saturated heterocycles. The Morgan fingerprint density at radius 1 is 1.43 bits per heavy atom. The maximum absolute atomic E-state index is 9.41. The van der Waals surface area contributed by atoms with Gasteiger partial charge in [0.25, 0.3) is 0 Å². The molecule has 1 heterocycles. The summed E-state index contributed by atoms with van der Waals surface area (Å²) in [5, 5.41) is 10.8. The van der Waals surface area contributed by atoms with Crippen LogP contribution in [0, 0.1) is 0 Å². The second kappa shape index (κ2) is 4.01. The molecule has 14 heavy (non-hydrogen) atoms. The van der Waals surface area contributed by atoms with Crippen molar-refractivity contribution in [2.45, 2.75) is 10.8 Å². The van der Waals surface area contributed by atoms with E-state index in [0.29, 0.717) is 10.9 Å². The quantitative estimate of drug-likeness (QED) is 0.635. The van der Waals surface area contributed by atoms with Crippen LogP contribution in [-0.2, 0) is 5.88 Å². The van der Waals surface area contributed by atoms with Crippen LogP contribution in [-0.4, -0.2) is 11.4 Å². The molecule has 2 rings (SSSR count). The summed E-state index contributed by atoms with van der Waals surface area (Å²) >= 11 is 8.93. The van der Waals surface area contributed by atoms with E-state index in [-0.39, 0.29) is 0 Å². The van der Waals surface area contributed by atoms with Gasteiger partial charge in [-0.15, -0.1) is 23.4 Å². The topological polar surface area (TPSA) is 20.2 Å². The van der Waals surface area contributed by atoms with Crippen molar-refractivity contribution in [1.82, 2.24) is 0 Å². The first-order chi connectivity index (χ1) is 6.74. The third kappa shape index (κ3) is 1.72. The molecule has 0 bridgehead atoms. The Bertz CT molecular complexity index is 464. The van der Waals surface area contributed by atoms with E-state index in [1.54, 1.807) is 17.8 Å². The molecule has 0 spiro atoms. The molecule has 0 aliphatic carbocycles. The largest absolute Gasteiger partial charge is 0.499 e. The number of hydrogen-bond acceptors (Lipinski definition) is 3. The lowest BCUT2D eigenvalue weighted by Gasteiger charge is -2.01. The average Bonchev–Trinajstić information content (AvgIpc) is 2.56. The summed E-state index contributed by atoms with van der Waals surface area (Å²) in [6, 6.07) is 5.94. The Morgan fingerprint density at radius 2 is 2.21 bits per heavy atom. The van der Waals surface area contributed by atoms with Crippen molar-refractivity contribution in [2.75, 3.05) is 6.26 Å². The molecule has 0 radical (unpaired) electrons. The summed E-state index contributed by atoms with van der Waals surface area (Å²) in [6.07, 6.45) is 2.03. The lowest BCUT2D eigenvalue weighted by atomic mass is 10.2. The molecule has 0 aliphatic rings. The zero-order chi connectivity index (χ0) is 10.1. The van der Waals surface area contributed by atoms with Crippen molar-refractivity contribution in [1.29, 1.82) is 0 Å². The number of halogens is 1. The number of thiophene rings is 1. The third-order valence-corrected chi connectivity index (χ3v) is 4.06. The summed E-state index contributed by atoms with van der Waals surface area (Å²) in [6.45, 7) is 0. The Kier molecular flexibility index (Phi) is 2.91. The first kappa shape index (κ1) is 10.1. The number of thioether (sulfide) groups is 1. The fourth-order valence-corrected chi connectivity index (χ4v) is 3.09. The molecular formula is C10H9ClOS2. The van der Waals surface area contributed by atoms with Crippen molar-refractivity contribution in [3.8, 4) is 5.06 Å². The predicted molar refractivity (Wildman–Crippen MR) is 64.8 cm³/mol. The van der Waals surface area contributed by atoms with Crippen LogP contribution in [0.4, 0.5) is 0 Å². The summed E-state index contributed by atoms with van der Waals surface area (Å²) in [5.74, 6) is 0.491. The normalized spacial score (nSPS) is 11.0. The van der Waals surface area contributed by atoms with Gasteiger partial charge in [-0.2, -0.15) is 0 Å². The van der Waals surface area contributed by atoms with Crippen LogP contribution in [0.15, 0.2) is 23.1 Å². The monoisotopic (exact) mass is 244 g/mol. The van der Waals surface area contributed by atoms with E-state index < -0.39 is 0 Å². The molecule has 1 N–H and O–H groups in total. The van der Waals surface area contributed by atoms with Gasteiger partial charge in [-0.05, 0) is 35.4 Å². The van der Waals surface area contributed by atoms with Crippen LogP contribution >= 0.6 is 34.7 Å². The summed E-state index contributed by atoms with van der Waals surface area (Å²) in [5.41, 5.74) is 1.10. The molecule has 1 aromatic carbocycles. The van der Waals surface area contributed by atoms with Gasteiger partial charge < -0.3 is 5.11 Å². The molecule has 0 amide bonds. The number of rotatable bonds is 2. The molecular weight excluding hydrogens is 236 g/mol. The molecule has 2 aromatic rings. The second-order valence-electron chi connectivity index (χ2n) is 2.92. The van der Waals surface area contributed by atoms with Crippen LogP contribution < -0.4 is 0 Å². The average molecular weight is 245 g/mol. The highest BCUT2D eigenvalue weighted by atomic mass is 35.5. The van der Waals surface area contributed by atoms with Crippen molar-refractivity contribution in [2.24, 2.45) is 0 Å². The van der Waals surface area contributed by atoms with Crippen molar-refractivity contribution in [3.05, 3.63) is 23.8 Å². The predicted octanol–water partition coefficient (Wildman–Crippen LogP) is 4.07. The van der Waals surface area contributed by atoms with Crippen molar-refractivity contribution in [3.63, 3.8) is 0 Å². The molecule has 0 atom stereocenters. The number of benzene rings is 1. The summed E-state index contributed by atoms with van der Waals surface area (Å²) < 4.78 is 1.09. The van der Waals surface area contributed by atoms with Gasteiger partial charge in [0, 0.05) is 15.5 Å². The highest BCUT2D eigenvalue weighted by molar-refractivity contribution is 7.98. The Labute approximate surface area is 95.7 Å². The van der Waals surface area contributed by atoms with Gasteiger partial charge in [-0.25, -0.2) is 0 Å². The zero-order valence-corrected chi connectivity index (χ0v) is 9.97. The number of hydrogen-bond donors (Lipinski definition) is 1. The Morgan fingerprint density at radius 3 is 2.86 bits per heavy atom. The second-order valence-corrected chi connectivity index (χ2v) is 5.10. The number of aromatic hydroxyl groups is 1. The van der Waals surface area contributed by atoms with E-state index in [1.165, 1.54) is 16.2 Å². The van der Waals surface area contributed by atoms with E-state index in [0.717, 1.165) is 15.6 Å². The minimum Gasteiger partial charge on any atom is -0.499 e. The molecule has 0 fully saturated rings. The zero-order valence-electron chi connectivity index (χ0n) is 7.58. The highest BCUT2D eigenvalue weighted by Gasteiger charge is 2.07.